The monoisotopic (exact) mass is 194 g/mol. The Balaban J connectivity index is 2.48. The maximum Gasteiger partial charge on any atom is 0.358 e. The number of hydrogen-bond donors (Lipinski definition) is 1. The van der Waals surface area contributed by atoms with Crippen LogP contribution in [0.1, 0.15) is 16.2 Å². The van der Waals surface area contributed by atoms with Gasteiger partial charge in [-0.25, -0.2) is 9.78 Å². The van der Waals surface area contributed by atoms with E-state index < -0.39 is 5.97 Å². The van der Waals surface area contributed by atoms with Crippen LogP contribution in [0.5, 0.6) is 0 Å². The molecular formula is C8H6N2O4. The molecule has 2 heterocycles. The highest BCUT2D eigenvalue weighted by Gasteiger charge is 2.17. The Bertz CT molecular complexity index is 458. The average Bonchev–Trinajstić information content (AvgIpc) is 2.70. The van der Waals surface area contributed by atoms with Crippen LogP contribution in [-0.2, 0) is 0 Å². The van der Waals surface area contributed by atoms with Crippen LogP contribution in [0.3, 0.4) is 0 Å². The fraction of sp³-hybridized carbons (Fsp3) is 0.125. The molecule has 0 saturated heterocycles. The third-order valence-electron chi connectivity index (χ3n) is 1.68. The number of oxazole rings is 1. The molecule has 14 heavy (non-hydrogen) atoms. The van der Waals surface area contributed by atoms with Crippen molar-refractivity contribution in [3.8, 4) is 11.5 Å². The Morgan fingerprint density at radius 3 is 2.86 bits per heavy atom. The van der Waals surface area contributed by atoms with E-state index in [1.807, 2.05) is 0 Å². The standard InChI is InChI=1S/C8H6N2O4/c1-4-6(8(11)12)10-7(14-4)5-2-9-13-3-5/h2-3H,1H3,(H,11,12). The van der Waals surface area contributed by atoms with Crippen molar-refractivity contribution in [1.82, 2.24) is 10.1 Å². The lowest BCUT2D eigenvalue weighted by molar-refractivity contribution is 0.0689. The molecule has 6 heteroatoms. The summed E-state index contributed by atoms with van der Waals surface area (Å²) in [5.41, 5.74) is 0.418. The van der Waals surface area contributed by atoms with Gasteiger partial charge in [0.2, 0.25) is 5.89 Å². The van der Waals surface area contributed by atoms with Crippen molar-refractivity contribution in [3.05, 3.63) is 23.9 Å². The number of carboxylic acids is 1. The van der Waals surface area contributed by atoms with E-state index in [-0.39, 0.29) is 17.3 Å². The van der Waals surface area contributed by atoms with Gasteiger partial charge >= 0.3 is 5.97 Å². The quantitative estimate of drug-likeness (QED) is 0.775. The SMILES string of the molecule is Cc1oc(-c2cnoc2)nc1C(=O)O. The summed E-state index contributed by atoms with van der Waals surface area (Å²) < 4.78 is 9.71. The summed E-state index contributed by atoms with van der Waals surface area (Å²) >= 11 is 0. The zero-order valence-electron chi connectivity index (χ0n) is 7.22. The fourth-order valence-corrected chi connectivity index (χ4v) is 1.03. The van der Waals surface area contributed by atoms with E-state index in [0.29, 0.717) is 5.56 Å². The Hall–Kier alpha value is -2.11. The second-order valence-electron chi connectivity index (χ2n) is 2.64. The zero-order chi connectivity index (χ0) is 10.1. The smallest absolute Gasteiger partial charge is 0.358 e. The normalized spacial score (nSPS) is 10.4. The van der Waals surface area contributed by atoms with Crippen molar-refractivity contribution >= 4 is 5.97 Å². The lowest BCUT2D eigenvalue weighted by Crippen LogP contribution is -1.98. The molecule has 0 aliphatic rings. The summed E-state index contributed by atoms with van der Waals surface area (Å²) in [5.74, 6) is -0.663. The van der Waals surface area contributed by atoms with Gasteiger partial charge in [-0.3, -0.25) is 0 Å². The van der Waals surface area contributed by atoms with E-state index in [0.717, 1.165) is 0 Å². The molecule has 0 radical (unpaired) electrons. The first-order chi connectivity index (χ1) is 6.68. The lowest BCUT2D eigenvalue weighted by Gasteiger charge is -1.83. The zero-order valence-corrected chi connectivity index (χ0v) is 7.22. The first-order valence-electron chi connectivity index (χ1n) is 3.79. The number of nitrogens with zero attached hydrogens (tertiary/aromatic N) is 2. The number of rotatable bonds is 2. The van der Waals surface area contributed by atoms with Gasteiger partial charge in [0.05, 0.1) is 11.8 Å². The number of aromatic carboxylic acids is 1. The van der Waals surface area contributed by atoms with Gasteiger partial charge in [0.1, 0.15) is 12.0 Å². The highest BCUT2D eigenvalue weighted by atomic mass is 16.5. The van der Waals surface area contributed by atoms with Crippen LogP contribution in [0.4, 0.5) is 0 Å². The van der Waals surface area contributed by atoms with Gasteiger partial charge in [-0.15, -0.1) is 0 Å². The van der Waals surface area contributed by atoms with Gasteiger partial charge in [0.25, 0.3) is 0 Å². The Labute approximate surface area is 78.2 Å². The van der Waals surface area contributed by atoms with Crippen LogP contribution in [0.15, 0.2) is 21.4 Å². The van der Waals surface area contributed by atoms with E-state index in [2.05, 4.69) is 14.7 Å². The average molecular weight is 194 g/mol. The fourth-order valence-electron chi connectivity index (χ4n) is 1.03. The number of hydrogen-bond acceptors (Lipinski definition) is 5. The minimum atomic E-state index is -1.12. The number of carbonyl (C=O) groups is 1. The third-order valence-corrected chi connectivity index (χ3v) is 1.68. The van der Waals surface area contributed by atoms with E-state index >= 15 is 0 Å². The van der Waals surface area contributed by atoms with Crippen molar-refractivity contribution in [2.45, 2.75) is 6.92 Å². The van der Waals surface area contributed by atoms with Gasteiger partial charge < -0.3 is 14.0 Å². The minimum absolute atomic E-state index is 0.0961. The maximum absolute atomic E-state index is 10.6. The summed E-state index contributed by atoms with van der Waals surface area (Å²) in [4.78, 5) is 14.4. The lowest BCUT2D eigenvalue weighted by atomic mass is 10.3. The van der Waals surface area contributed by atoms with E-state index in [4.69, 9.17) is 9.52 Å². The van der Waals surface area contributed by atoms with E-state index in [9.17, 15) is 4.79 Å². The molecule has 0 spiro atoms. The predicted octanol–water partition coefficient (Wildman–Crippen LogP) is 1.34. The molecule has 2 rings (SSSR count). The molecular weight excluding hydrogens is 188 g/mol. The summed E-state index contributed by atoms with van der Waals surface area (Å²) in [6, 6.07) is 0. The van der Waals surface area contributed by atoms with Gasteiger partial charge in [-0.05, 0) is 6.92 Å². The van der Waals surface area contributed by atoms with Gasteiger partial charge in [-0.2, -0.15) is 0 Å². The first-order valence-corrected chi connectivity index (χ1v) is 3.79. The molecule has 2 aromatic heterocycles. The second-order valence-corrected chi connectivity index (χ2v) is 2.64. The van der Waals surface area contributed by atoms with Crippen molar-refractivity contribution in [2.75, 3.05) is 0 Å². The molecule has 0 amide bonds. The van der Waals surface area contributed by atoms with Crippen LogP contribution in [0.25, 0.3) is 11.5 Å². The summed E-state index contributed by atoms with van der Waals surface area (Å²) in [5, 5.41) is 12.2. The van der Waals surface area contributed by atoms with Crippen LogP contribution >= 0.6 is 0 Å². The third kappa shape index (κ3) is 1.26. The first kappa shape index (κ1) is 8.49. The van der Waals surface area contributed by atoms with Gasteiger partial charge in [0, 0.05) is 0 Å². The molecule has 72 valence electrons. The molecule has 0 saturated carbocycles. The molecule has 6 nitrogen and oxygen atoms in total. The van der Waals surface area contributed by atoms with Gasteiger partial charge in [-0.1, -0.05) is 5.16 Å². The van der Waals surface area contributed by atoms with Crippen LogP contribution in [0, 0.1) is 6.92 Å². The topological polar surface area (TPSA) is 89.4 Å². The maximum atomic E-state index is 10.6. The molecule has 0 atom stereocenters. The minimum Gasteiger partial charge on any atom is -0.476 e. The molecule has 1 N–H and O–H groups in total. The highest BCUT2D eigenvalue weighted by molar-refractivity contribution is 5.87. The van der Waals surface area contributed by atoms with E-state index in [1.165, 1.54) is 19.4 Å². The summed E-state index contributed by atoms with van der Waals surface area (Å²) in [6.45, 7) is 1.54. The Morgan fingerprint density at radius 2 is 2.36 bits per heavy atom. The molecule has 0 bridgehead atoms. The summed E-state index contributed by atoms with van der Waals surface area (Å²) in [7, 11) is 0. The molecule has 0 aliphatic heterocycles. The molecule has 2 aromatic rings. The second kappa shape index (κ2) is 2.99. The molecule has 0 unspecified atom stereocenters. The largest absolute Gasteiger partial charge is 0.476 e. The van der Waals surface area contributed by atoms with Crippen molar-refractivity contribution in [3.63, 3.8) is 0 Å². The van der Waals surface area contributed by atoms with Crippen molar-refractivity contribution in [2.24, 2.45) is 0 Å². The number of aromatic nitrogens is 2. The van der Waals surface area contributed by atoms with Crippen molar-refractivity contribution < 1.29 is 18.8 Å². The van der Waals surface area contributed by atoms with Crippen LogP contribution < -0.4 is 0 Å². The van der Waals surface area contributed by atoms with Crippen LogP contribution in [0.2, 0.25) is 0 Å². The Morgan fingerprint density at radius 1 is 1.57 bits per heavy atom. The highest BCUT2D eigenvalue weighted by Crippen LogP contribution is 2.20. The summed E-state index contributed by atoms with van der Waals surface area (Å²) in [6.07, 6.45) is 2.73. The Kier molecular flexibility index (Phi) is 1.81. The predicted molar refractivity (Wildman–Crippen MR) is 43.7 cm³/mol. The number of aryl methyl sites for hydroxylation is 1. The van der Waals surface area contributed by atoms with Crippen molar-refractivity contribution in [1.29, 1.82) is 0 Å². The van der Waals surface area contributed by atoms with Crippen LogP contribution in [-0.4, -0.2) is 21.2 Å². The number of carboxylic acid groups (broad SMARTS) is 1. The van der Waals surface area contributed by atoms with E-state index in [1.54, 1.807) is 0 Å². The van der Waals surface area contributed by atoms with Gasteiger partial charge in [0.15, 0.2) is 5.69 Å². The molecule has 0 aliphatic carbocycles. The molecule has 0 aromatic carbocycles. The molecule has 0 fully saturated rings.